The SMILES string of the molecule is Cl.Cl.NC1(C(=O)NCc2ccc(Oc3ccc(F)cc3)nc2)CCCC1. The molecule has 0 aliphatic heterocycles. The summed E-state index contributed by atoms with van der Waals surface area (Å²) in [5.74, 6) is 0.493. The van der Waals surface area contributed by atoms with Crippen molar-refractivity contribution in [3.8, 4) is 11.6 Å². The van der Waals surface area contributed by atoms with Gasteiger partial charge in [0.15, 0.2) is 0 Å². The van der Waals surface area contributed by atoms with E-state index in [0.717, 1.165) is 31.2 Å². The Bertz CT molecular complexity index is 705. The number of ether oxygens (including phenoxy) is 1. The molecule has 1 saturated carbocycles. The Morgan fingerprint density at radius 3 is 2.38 bits per heavy atom. The second-order valence-corrected chi connectivity index (χ2v) is 6.11. The van der Waals surface area contributed by atoms with Gasteiger partial charge >= 0.3 is 0 Å². The lowest BCUT2D eigenvalue weighted by Crippen LogP contribution is -2.51. The van der Waals surface area contributed by atoms with E-state index >= 15 is 0 Å². The lowest BCUT2D eigenvalue weighted by Gasteiger charge is -2.22. The van der Waals surface area contributed by atoms with E-state index in [0.29, 0.717) is 18.2 Å². The highest BCUT2D eigenvalue weighted by Gasteiger charge is 2.36. The van der Waals surface area contributed by atoms with Gasteiger partial charge in [0.05, 0.1) is 5.54 Å². The highest BCUT2D eigenvalue weighted by atomic mass is 35.5. The van der Waals surface area contributed by atoms with Gasteiger partial charge in [-0.2, -0.15) is 0 Å². The number of aromatic nitrogens is 1. The average molecular weight is 402 g/mol. The Hall–Kier alpha value is -1.89. The quantitative estimate of drug-likeness (QED) is 0.799. The van der Waals surface area contributed by atoms with E-state index < -0.39 is 5.54 Å². The summed E-state index contributed by atoms with van der Waals surface area (Å²) in [7, 11) is 0. The van der Waals surface area contributed by atoms with E-state index in [4.69, 9.17) is 10.5 Å². The zero-order chi connectivity index (χ0) is 17.0. The highest BCUT2D eigenvalue weighted by molar-refractivity contribution is 5.86. The van der Waals surface area contributed by atoms with Crippen LogP contribution in [0.2, 0.25) is 0 Å². The number of halogens is 3. The molecular weight excluding hydrogens is 380 g/mol. The molecule has 8 heteroatoms. The molecule has 1 aromatic heterocycles. The largest absolute Gasteiger partial charge is 0.439 e. The lowest BCUT2D eigenvalue weighted by atomic mass is 9.98. The number of nitrogens with zero attached hydrogens (tertiary/aromatic N) is 1. The van der Waals surface area contributed by atoms with E-state index in [9.17, 15) is 9.18 Å². The molecule has 1 heterocycles. The molecule has 3 N–H and O–H groups in total. The van der Waals surface area contributed by atoms with Crippen molar-refractivity contribution in [1.29, 1.82) is 0 Å². The first-order chi connectivity index (χ1) is 11.5. The maximum absolute atomic E-state index is 12.9. The van der Waals surface area contributed by atoms with Crippen LogP contribution < -0.4 is 15.8 Å². The number of nitrogens with one attached hydrogen (secondary N) is 1. The number of amides is 1. The number of hydrogen-bond donors (Lipinski definition) is 2. The molecular formula is C18H22Cl2FN3O2. The molecule has 5 nitrogen and oxygen atoms in total. The number of carbonyl (C=O) groups is 1. The lowest BCUT2D eigenvalue weighted by molar-refractivity contribution is -0.126. The molecule has 26 heavy (non-hydrogen) atoms. The highest BCUT2D eigenvalue weighted by Crippen LogP contribution is 2.27. The van der Waals surface area contributed by atoms with E-state index in [1.165, 1.54) is 24.3 Å². The van der Waals surface area contributed by atoms with Crippen LogP contribution in [0.15, 0.2) is 42.6 Å². The van der Waals surface area contributed by atoms with Crippen LogP contribution in [0, 0.1) is 5.82 Å². The van der Waals surface area contributed by atoms with E-state index in [1.807, 2.05) is 6.07 Å². The topological polar surface area (TPSA) is 77.2 Å². The third kappa shape index (κ3) is 5.56. The van der Waals surface area contributed by atoms with Crippen LogP contribution in [-0.4, -0.2) is 16.4 Å². The Morgan fingerprint density at radius 2 is 1.81 bits per heavy atom. The number of carbonyl (C=O) groups excluding carboxylic acids is 1. The van der Waals surface area contributed by atoms with Gasteiger partial charge in [-0.25, -0.2) is 9.37 Å². The first-order valence-corrected chi connectivity index (χ1v) is 8.01. The maximum Gasteiger partial charge on any atom is 0.240 e. The van der Waals surface area contributed by atoms with E-state index in [1.54, 1.807) is 12.3 Å². The third-order valence-corrected chi connectivity index (χ3v) is 4.23. The minimum atomic E-state index is -0.723. The minimum absolute atomic E-state index is 0. The van der Waals surface area contributed by atoms with E-state index in [-0.39, 0.29) is 36.5 Å². The summed E-state index contributed by atoms with van der Waals surface area (Å²) in [6.45, 7) is 0.377. The summed E-state index contributed by atoms with van der Waals surface area (Å²) in [6.07, 6.45) is 5.11. The van der Waals surface area contributed by atoms with Crippen molar-refractivity contribution in [2.45, 2.75) is 37.8 Å². The summed E-state index contributed by atoms with van der Waals surface area (Å²) in [5.41, 5.74) is 6.25. The molecule has 0 atom stereocenters. The number of nitrogens with two attached hydrogens (primary N) is 1. The van der Waals surface area contributed by atoms with Crippen LogP contribution in [-0.2, 0) is 11.3 Å². The number of pyridine rings is 1. The summed E-state index contributed by atoms with van der Waals surface area (Å²) >= 11 is 0. The van der Waals surface area contributed by atoms with Gasteiger partial charge in [0, 0.05) is 18.8 Å². The van der Waals surface area contributed by atoms with Crippen molar-refractivity contribution in [3.05, 3.63) is 54.0 Å². The fraction of sp³-hybridized carbons (Fsp3) is 0.333. The molecule has 0 saturated heterocycles. The van der Waals surface area contributed by atoms with Crippen molar-refractivity contribution in [3.63, 3.8) is 0 Å². The van der Waals surface area contributed by atoms with Crippen molar-refractivity contribution < 1.29 is 13.9 Å². The standard InChI is InChI=1S/C18H20FN3O2.2ClH/c19-14-4-6-15(7-5-14)24-16-8-3-13(11-21-16)12-22-17(23)18(20)9-1-2-10-18;;/h3-8,11H,1-2,9-10,12,20H2,(H,22,23);2*1H. The molecule has 0 bridgehead atoms. The fourth-order valence-electron chi connectivity index (χ4n) is 2.79. The van der Waals surface area contributed by atoms with Gasteiger partial charge in [0.25, 0.3) is 0 Å². The third-order valence-electron chi connectivity index (χ3n) is 4.23. The number of rotatable bonds is 5. The summed E-state index contributed by atoms with van der Waals surface area (Å²) in [5, 5.41) is 2.87. The first-order valence-electron chi connectivity index (χ1n) is 8.01. The second kappa shape index (κ2) is 9.71. The Morgan fingerprint density at radius 1 is 1.15 bits per heavy atom. The molecule has 3 rings (SSSR count). The van der Waals surface area contributed by atoms with Gasteiger partial charge in [-0.15, -0.1) is 24.8 Å². The summed E-state index contributed by atoms with van der Waals surface area (Å²) in [4.78, 5) is 16.4. The molecule has 0 unspecified atom stereocenters. The van der Waals surface area contributed by atoms with E-state index in [2.05, 4.69) is 10.3 Å². The fourth-order valence-corrected chi connectivity index (χ4v) is 2.79. The van der Waals surface area contributed by atoms with Gasteiger partial charge in [-0.1, -0.05) is 18.9 Å². The average Bonchev–Trinajstić information content (AvgIpc) is 3.04. The maximum atomic E-state index is 12.9. The Kier molecular flexibility index (Phi) is 8.27. The normalized spacial score (nSPS) is 14.7. The monoisotopic (exact) mass is 401 g/mol. The summed E-state index contributed by atoms with van der Waals surface area (Å²) < 4.78 is 18.4. The Labute approximate surface area is 164 Å². The van der Waals surface area contributed by atoms with Crippen LogP contribution in [0.4, 0.5) is 4.39 Å². The van der Waals surface area contributed by atoms with Gasteiger partial charge in [-0.3, -0.25) is 4.79 Å². The first kappa shape index (κ1) is 22.2. The van der Waals surface area contributed by atoms with Gasteiger partial charge < -0.3 is 15.8 Å². The Balaban J connectivity index is 0.00000169. The summed E-state index contributed by atoms with van der Waals surface area (Å²) in [6, 6.07) is 9.25. The molecule has 1 aliphatic carbocycles. The van der Waals surface area contributed by atoms with Gasteiger partial charge in [0.1, 0.15) is 11.6 Å². The van der Waals surface area contributed by atoms with Crippen molar-refractivity contribution in [2.75, 3.05) is 0 Å². The zero-order valence-corrected chi connectivity index (χ0v) is 15.7. The van der Waals surface area contributed by atoms with Crippen molar-refractivity contribution >= 4 is 30.7 Å². The zero-order valence-electron chi connectivity index (χ0n) is 14.1. The van der Waals surface area contributed by atoms with Gasteiger partial charge in [0.2, 0.25) is 11.8 Å². The molecule has 142 valence electrons. The molecule has 1 amide bonds. The van der Waals surface area contributed by atoms with Crippen molar-refractivity contribution in [2.24, 2.45) is 5.73 Å². The molecule has 2 aromatic rings. The van der Waals surface area contributed by atoms with Gasteiger partial charge in [-0.05, 0) is 42.7 Å². The molecule has 1 aromatic carbocycles. The van der Waals surface area contributed by atoms with Crippen LogP contribution in [0.1, 0.15) is 31.2 Å². The van der Waals surface area contributed by atoms with Crippen LogP contribution in [0.25, 0.3) is 0 Å². The minimum Gasteiger partial charge on any atom is -0.439 e. The predicted octanol–water partition coefficient (Wildman–Crippen LogP) is 3.74. The number of hydrogen-bond acceptors (Lipinski definition) is 4. The van der Waals surface area contributed by atoms with Crippen LogP contribution in [0.3, 0.4) is 0 Å². The number of benzene rings is 1. The molecule has 0 radical (unpaired) electrons. The predicted molar refractivity (Wildman–Crippen MR) is 102 cm³/mol. The molecule has 1 fully saturated rings. The van der Waals surface area contributed by atoms with Crippen LogP contribution in [0.5, 0.6) is 11.6 Å². The van der Waals surface area contributed by atoms with Crippen molar-refractivity contribution in [1.82, 2.24) is 10.3 Å². The smallest absolute Gasteiger partial charge is 0.240 e. The van der Waals surface area contributed by atoms with Crippen LogP contribution >= 0.6 is 24.8 Å². The molecule has 0 spiro atoms. The second-order valence-electron chi connectivity index (χ2n) is 6.11. The molecule has 1 aliphatic rings.